The second-order valence-electron chi connectivity index (χ2n) is 4.02. The summed E-state index contributed by atoms with van der Waals surface area (Å²) in [7, 11) is 0. The van der Waals surface area contributed by atoms with Gasteiger partial charge < -0.3 is 5.32 Å². The number of nitrogens with zero attached hydrogens (tertiary/aromatic N) is 1. The molecular formula is C13H9Cl3N2O2. The zero-order valence-corrected chi connectivity index (χ0v) is 12.3. The van der Waals surface area contributed by atoms with Gasteiger partial charge in [-0.3, -0.25) is 10.1 Å². The van der Waals surface area contributed by atoms with Crippen molar-refractivity contribution in [3.05, 3.63) is 67.1 Å². The maximum absolute atomic E-state index is 10.8. The van der Waals surface area contributed by atoms with Gasteiger partial charge in [0.05, 0.1) is 15.6 Å². The number of anilines is 1. The Bertz CT molecular complexity index is 662. The van der Waals surface area contributed by atoms with Gasteiger partial charge in [0.15, 0.2) is 0 Å². The SMILES string of the molecule is O=[N+]([O-])c1cc(CNc2cc(Cl)ccc2Cl)ccc1Cl. The quantitative estimate of drug-likeness (QED) is 0.621. The molecule has 7 heteroatoms. The van der Waals surface area contributed by atoms with Crippen LogP contribution < -0.4 is 5.32 Å². The number of hydrogen-bond acceptors (Lipinski definition) is 3. The van der Waals surface area contributed by atoms with Gasteiger partial charge in [-0.25, -0.2) is 0 Å². The maximum atomic E-state index is 10.8. The average molecular weight is 332 g/mol. The molecule has 0 saturated heterocycles. The van der Waals surface area contributed by atoms with Crippen LogP contribution >= 0.6 is 34.8 Å². The summed E-state index contributed by atoms with van der Waals surface area (Å²) in [5.41, 5.74) is 1.26. The number of nitrogens with one attached hydrogen (secondary N) is 1. The average Bonchev–Trinajstić information content (AvgIpc) is 2.41. The van der Waals surface area contributed by atoms with Crippen molar-refractivity contribution in [3.8, 4) is 0 Å². The van der Waals surface area contributed by atoms with E-state index < -0.39 is 4.92 Å². The van der Waals surface area contributed by atoms with Gasteiger partial charge >= 0.3 is 0 Å². The highest BCUT2D eigenvalue weighted by Gasteiger charge is 2.12. The van der Waals surface area contributed by atoms with Crippen molar-refractivity contribution in [1.29, 1.82) is 0 Å². The Morgan fingerprint density at radius 1 is 1.05 bits per heavy atom. The van der Waals surface area contributed by atoms with Crippen molar-refractivity contribution in [2.75, 3.05) is 5.32 Å². The van der Waals surface area contributed by atoms with Gasteiger partial charge in [-0.15, -0.1) is 0 Å². The summed E-state index contributed by atoms with van der Waals surface area (Å²) in [5.74, 6) is 0. The molecule has 2 rings (SSSR count). The van der Waals surface area contributed by atoms with E-state index in [9.17, 15) is 10.1 Å². The molecule has 0 heterocycles. The summed E-state index contributed by atoms with van der Waals surface area (Å²) in [6.07, 6.45) is 0. The Morgan fingerprint density at radius 2 is 1.75 bits per heavy atom. The minimum Gasteiger partial charge on any atom is -0.380 e. The Balaban J connectivity index is 2.17. The molecular weight excluding hydrogens is 323 g/mol. The smallest absolute Gasteiger partial charge is 0.288 e. The topological polar surface area (TPSA) is 55.2 Å². The summed E-state index contributed by atoms with van der Waals surface area (Å²) in [5, 5.41) is 15.1. The van der Waals surface area contributed by atoms with Gasteiger partial charge in [0.25, 0.3) is 5.69 Å². The zero-order chi connectivity index (χ0) is 14.7. The summed E-state index contributed by atoms with van der Waals surface area (Å²) >= 11 is 17.7. The molecule has 0 aliphatic heterocycles. The van der Waals surface area contributed by atoms with Gasteiger partial charge in [0.1, 0.15) is 5.02 Å². The number of benzene rings is 2. The lowest BCUT2D eigenvalue weighted by molar-refractivity contribution is -0.384. The highest BCUT2D eigenvalue weighted by Crippen LogP contribution is 2.28. The number of halogens is 3. The molecule has 0 aromatic heterocycles. The van der Waals surface area contributed by atoms with Crippen LogP contribution in [0.2, 0.25) is 15.1 Å². The van der Waals surface area contributed by atoms with Crippen molar-refractivity contribution in [3.63, 3.8) is 0 Å². The van der Waals surface area contributed by atoms with E-state index >= 15 is 0 Å². The monoisotopic (exact) mass is 330 g/mol. The lowest BCUT2D eigenvalue weighted by Crippen LogP contribution is -2.01. The molecule has 0 amide bonds. The standard InChI is InChI=1S/C13H9Cl3N2O2/c14-9-2-4-10(15)12(6-9)17-7-8-1-3-11(16)13(5-8)18(19)20/h1-6,17H,7H2. The molecule has 20 heavy (non-hydrogen) atoms. The normalized spacial score (nSPS) is 10.3. The lowest BCUT2D eigenvalue weighted by atomic mass is 10.2. The number of rotatable bonds is 4. The summed E-state index contributed by atoms with van der Waals surface area (Å²) in [6, 6.07) is 9.68. The van der Waals surface area contributed by atoms with Crippen molar-refractivity contribution >= 4 is 46.2 Å². The highest BCUT2D eigenvalue weighted by molar-refractivity contribution is 6.35. The molecule has 104 valence electrons. The van der Waals surface area contributed by atoms with Crippen LogP contribution in [0.1, 0.15) is 5.56 Å². The van der Waals surface area contributed by atoms with Crippen molar-refractivity contribution in [2.45, 2.75) is 6.54 Å². The fourth-order valence-electron chi connectivity index (χ4n) is 1.64. The van der Waals surface area contributed by atoms with Crippen LogP contribution in [-0.2, 0) is 6.54 Å². The lowest BCUT2D eigenvalue weighted by Gasteiger charge is -2.09. The van der Waals surface area contributed by atoms with E-state index in [1.165, 1.54) is 12.1 Å². The van der Waals surface area contributed by atoms with Crippen LogP contribution in [0.15, 0.2) is 36.4 Å². The van der Waals surface area contributed by atoms with Gasteiger partial charge in [-0.1, -0.05) is 40.9 Å². The van der Waals surface area contributed by atoms with E-state index in [1.54, 1.807) is 24.3 Å². The molecule has 0 radical (unpaired) electrons. The molecule has 0 aliphatic rings. The Hall–Kier alpha value is -1.49. The first kappa shape index (κ1) is 14.9. The fourth-order valence-corrected chi connectivity index (χ4v) is 2.18. The summed E-state index contributed by atoms with van der Waals surface area (Å²) in [4.78, 5) is 10.3. The Morgan fingerprint density at radius 3 is 2.45 bits per heavy atom. The van der Waals surface area contributed by atoms with E-state index in [2.05, 4.69) is 5.32 Å². The molecule has 0 fully saturated rings. The van der Waals surface area contributed by atoms with E-state index in [4.69, 9.17) is 34.8 Å². The van der Waals surface area contributed by atoms with Crippen molar-refractivity contribution in [1.82, 2.24) is 0 Å². The third kappa shape index (κ3) is 3.54. The third-order valence-corrected chi connectivity index (χ3v) is 3.50. The van der Waals surface area contributed by atoms with E-state index in [1.807, 2.05) is 0 Å². The first-order chi connectivity index (χ1) is 9.47. The molecule has 2 aromatic rings. The van der Waals surface area contributed by atoms with Crippen LogP contribution in [-0.4, -0.2) is 4.92 Å². The zero-order valence-electron chi connectivity index (χ0n) is 10.1. The van der Waals surface area contributed by atoms with Gasteiger partial charge in [-0.2, -0.15) is 0 Å². The molecule has 0 bridgehead atoms. The molecule has 0 spiro atoms. The summed E-state index contributed by atoms with van der Waals surface area (Å²) in [6.45, 7) is 0.373. The van der Waals surface area contributed by atoms with Crippen molar-refractivity contribution in [2.24, 2.45) is 0 Å². The van der Waals surface area contributed by atoms with Gasteiger partial charge in [0.2, 0.25) is 0 Å². The number of hydrogen-bond donors (Lipinski definition) is 1. The first-order valence-electron chi connectivity index (χ1n) is 5.59. The molecule has 0 unspecified atom stereocenters. The van der Waals surface area contributed by atoms with E-state index in [0.29, 0.717) is 22.3 Å². The van der Waals surface area contributed by atoms with E-state index in [0.717, 1.165) is 5.56 Å². The Labute approximate surface area is 130 Å². The molecule has 0 atom stereocenters. The van der Waals surface area contributed by atoms with Crippen LogP contribution in [0.4, 0.5) is 11.4 Å². The highest BCUT2D eigenvalue weighted by atomic mass is 35.5. The molecule has 2 aromatic carbocycles. The number of nitro groups is 1. The number of nitro benzene ring substituents is 1. The molecule has 0 saturated carbocycles. The van der Waals surface area contributed by atoms with Crippen LogP contribution in [0, 0.1) is 10.1 Å². The fraction of sp³-hybridized carbons (Fsp3) is 0.0769. The minimum atomic E-state index is -0.516. The first-order valence-corrected chi connectivity index (χ1v) is 6.72. The van der Waals surface area contributed by atoms with Gasteiger partial charge in [-0.05, 0) is 29.8 Å². The molecule has 4 nitrogen and oxygen atoms in total. The van der Waals surface area contributed by atoms with Crippen LogP contribution in [0.3, 0.4) is 0 Å². The largest absolute Gasteiger partial charge is 0.380 e. The predicted molar refractivity (Wildman–Crippen MR) is 81.9 cm³/mol. The van der Waals surface area contributed by atoms with Crippen LogP contribution in [0.5, 0.6) is 0 Å². The van der Waals surface area contributed by atoms with Crippen molar-refractivity contribution < 1.29 is 4.92 Å². The maximum Gasteiger partial charge on any atom is 0.288 e. The second kappa shape index (κ2) is 6.31. The summed E-state index contributed by atoms with van der Waals surface area (Å²) < 4.78 is 0. The van der Waals surface area contributed by atoms with E-state index in [-0.39, 0.29) is 10.7 Å². The predicted octanol–water partition coefficient (Wildman–Crippen LogP) is 5.17. The Kier molecular flexibility index (Phi) is 4.70. The van der Waals surface area contributed by atoms with Gasteiger partial charge in [0, 0.05) is 17.6 Å². The minimum absolute atomic E-state index is 0.111. The second-order valence-corrected chi connectivity index (χ2v) is 5.27. The third-order valence-electron chi connectivity index (χ3n) is 2.62. The molecule has 0 aliphatic carbocycles. The molecule has 1 N–H and O–H groups in total. The van der Waals surface area contributed by atoms with Crippen LogP contribution in [0.25, 0.3) is 0 Å².